The minimum absolute atomic E-state index is 0.0219. The van der Waals surface area contributed by atoms with Crippen molar-refractivity contribution in [1.29, 1.82) is 0 Å². The first-order chi connectivity index (χ1) is 13.1. The van der Waals surface area contributed by atoms with E-state index in [0.717, 1.165) is 31.3 Å². The Labute approximate surface area is 175 Å². The van der Waals surface area contributed by atoms with Crippen molar-refractivity contribution in [2.24, 2.45) is 4.99 Å². The summed E-state index contributed by atoms with van der Waals surface area (Å²) in [6, 6.07) is 23.9. The van der Waals surface area contributed by atoms with Gasteiger partial charge >= 0.3 is 0 Å². The molecule has 4 rings (SSSR count). The Kier molecular flexibility index (Phi) is 5.43. The van der Waals surface area contributed by atoms with E-state index in [1.54, 1.807) is 6.07 Å². The lowest BCUT2D eigenvalue weighted by atomic mass is 9.93. The fourth-order valence-corrected chi connectivity index (χ4v) is 4.01. The van der Waals surface area contributed by atoms with Crippen LogP contribution >= 0.6 is 31.9 Å². The maximum atomic E-state index is 10.4. The van der Waals surface area contributed by atoms with Crippen LogP contribution in [0.5, 0.6) is 5.75 Å². The van der Waals surface area contributed by atoms with Crippen molar-refractivity contribution in [2.45, 2.75) is 18.6 Å². The highest BCUT2D eigenvalue weighted by Gasteiger charge is 2.27. The molecule has 136 valence electrons. The molecule has 0 amide bonds. The lowest BCUT2D eigenvalue weighted by molar-refractivity contribution is 0.412. The smallest absolute Gasteiger partial charge is 0.126 e. The number of hydrogen-bond acceptors (Lipinski definition) is 3. The van der Waals surface area contributed by atoms with Gasteiger partial charge in [0.15, 0.2) is 0 Å². The van der Waals surface area contributed by atoms with Crippen molar-refractivity contribution < 1.29 is 5.11 Å². The van der Waals surface area contributed by atoms with Crippen molar-refractivity contribution in [1.82, 2.24) is 5.32 Å². The minimum Gasteiger partial charge on any atom is -0.508 e. The fraction of sp³-hybridized carbons (Fsp3) is 0.136. The first-order valence-electron chi connectivity index (χ1n) is 8.72. The van der Waals surface area contributed by atoms with Gasteiger partial charge in [-0.2, -0.15) is 0 Å². The van der Waals surface area contributed by atoms with Crippen molar-refractivity contribution in [3.8, 4) is 5.75 Å². The number of para-hydroxylation sites is 1. The molecule has 1 aliphatic rings. The van der Waals surface area contributed by atoms with Crippen LogP contribution in [0.2, 0.25) is 0 Å². The number of aliphatic imine (C=N–C) groups is 1. The summed E-state index contributed by atoms with van der Waals surface area (Å²) in [5.74, 6) is 0.306. The zero-order chi connectivity index (χ0) is 18.8. The van der Waals surface area contributed by atoms with Crippen LogP contribution < -0.4 is 5.32 Å². The molecule has 3 nitrogen and oxygen atoms in total. The van der Waals surface area contributed by atoms with Crippen LogP contribution in [0.25, 0.3) is 0 Å². The van der Waals surface area contributed by atoms with Crippen LogP contribution in [0.1, 0.15) is 35.3 Å². The highest BCUT2D eigenvalue weighted by atomic mass is 79.9. The molecule has 0 saturated heterocycles. The SMILES string of the molecule is Oc1ccccc1[C@@H]1CC(c2cccc(Br)c2)=N[C@H](c2ccc(Br)cc2)N1. The number of aromatic hydroxyl groups is 1. The number of nitrogens with one attached hydrogen (secondary N) is 1. The second-order valence-corrected chi connectivity index (χ2v) is 8.35. The van der Waals surface area contributed by atoms with E-state index >= 15 is 0 Å². The van der Waals surface area contributed by atoms with Crippen molar-refractivity contribution in [3.05, 3.63) is 98.4 Å². The third kappa shape index (κ3) is 4.15. The summed E-state index contributed by atoms with van der Waals surface area (Å²) in [5, 5.41) is 13.9. The van der Waals surface area contributed by atoms with Gasteiger partial charge in [-0.3, -0.25) is 10.3 Å². The molecular weight excluding hydrogens is 468 g/mol. The van der Waals surface area contributed by atoms with E-state index in [-0.39, 0.29) is 12.2 Å². The van der Waals surface area contributed by atoms with E-state index in [9.17, 15) is 5.11 Å². The molecule has 0 bridgehead atoms. The van der Waals surface area contributed by atoms with E-state index in [1.807, 2.05) is 42.5 Å². The Morgan fingerprint density at radius 1 is 0.889 bits per heavy atom. The molecule has 5 heteroatoms. The Morgan fingerprint density at radius 2 is 1.67 bits per heavy atom. The van der Waals surface area contributed by atoms with Gasteiger partial charge in [-0.1, -0.05) is 74.3 Å². The van der Waals surface area contributed by atoms with Crippen molar-refractivity contribution in [3.63, 3.8) is 0 Å². The molecule has 1 heterocycles. The van der Waals surface area contributed by atoms with Crippen LogP contribution in [-0.2, 0) is 0 Å². The van der Waals surface area contributed by atoms with Crippen LogP contribution in [0.4, 0.5) is 0 Å². The number of nitrogens with zero attached hydrogens (tertiary/aromatic N) is 1. The molecule has 3 aromatic carbocycles. The monoisotopic (exact) mass is 484 g/mol. The fourth-order valence-electron chi connectivity index (χ4n) is 3.35. The Morgan fingerprint density at radius 3 is 2.41 bits per heavy atom. The second-order valence-electron chi connectivity index (χ2n) is 6.52. The highest BCUT2D eigenvalue weighted by molar-refractivity contribution is 9.10. The van der Waals surface area contributed by atoms with Crippen LogP contribution in [0.3, 0.4) is 0 Å². The first kappa shape index (κ1) is 18.4. The maximum absolute atomic E-state index is 10.4. The van der Waals surface area contributed by atoms with Crippen LogP contribution in [0, 0.1) is 0 Å². The number of phenols is 1. The summed E-state index contributed by atoms with van der Waals surface area (Å²) in [7, 11) is 0. The van der Waals surface area contributed by atoms with Crippen molar-refractivity contribution in [2.75, 3.05) is 0 Å². The van der Waals surface area contributed by atoms with Crippen molar-refractivity contribution >= 4 is 37.6 Å². The number of phenolic OH excluding ortho intramolecular Hbond substituents is 1. The molecule has 2 N–H and O–H groups in total. The van der Waals surface area contributed by atoms with Gasteiger partial charge in [-0.15, -0.1) is 0 Å². The van der Waals surface area contributed by atoms with E-state index in [0.29, 0.717) is 12.2 Å². The second kappa shape index (κ2) is 7.97. The molecule has 0 unspecified atom stereocenters. The Balaban J connectivity index is 1.76. The van der Waals surface area contributed by atoms with Gasteiger partial charge in [-0.05, 0) is 41.5 Å². The average Bonchev–Trinajstić information content (AvgIpc) is 2.68. The Bertz CT molecular complexity index is 986. The summed E-state index contributed by atoms with van der Waals surface area (Å²) in [4.78, 5) is 4.99. The molecule has 0 aromatic heterocycles. The molecule has 2 atom stereocenters. The predicted molar refractivity (Wildman–Crippen MR) is 116 cm³/mol. The van der Waals surface area contributed by atoms with Crippen LogP contribution in [-0.4, -0.2) is 10.8 Å². The molecule has 3 aromatic rings. The topological polar surface area (TPSA) is 44.6 Å². The minimum atomic E-state index is -0.176. The van der Waals surface area contributed by atoms with Gasteiger partial charge in [0.1, 0.15) is 11.9 Å². The summed E-state index contributed by atoms with van der Waals surface area (Å²) in [5.41, 5.74) is 4.09. The molecule has 0 fully saturated rings. The lowest BCUT2D eigenvalue weighted by Crippen LogP contribution is -2.33. The van der Waals surface area contributed by atoms with E-state index in [2.05, 4.69) is 61.4 Å². The molecule has 1 aliphatic heterocycles. The zero-order valence-corrected chi connectivity index (χ0v) is 17.6. The van der Waals surface area contributed by atoms with Gasteiger partial charge < -0.3 is 5.11 Å². The van der Waals surface area contributed by atoms with E-state index in [1.165, 1.54) is 0 Å². The third-order valence-electron chi connectivity index (χ3n) is 4.70. The number of halogens is 2. The van der Waals surface area contributed by atoms with Gasteiger partial charge in [0, 0.05) is 32.7 Å². The summed E-state index contributed by atoms with van der Waals surface area (Å²) in [6.45, 7) is 0. The normalized spacial score (nSPS) is 19.6. The summed E-state index contributed by atoms with van der Waals surface area (Å²) in [6.07, 6.45) is 0.534. The number of benzene rings is 3. The Hall–Kier alpha value is -1.95. The number of rotatable bonds is 3. The first-order valence-corrected chi connectivity index (χ1v) is 10.3. The highest BCUT2D eigenvalue weighted by Crippen LogP contribution is 2.34. The number of hydrogen-bond donors (Lipinski definition) is 2. The van der Waals surface area contributed by atoms with Gasteiger partial charge in [0.05, 0.1) is 0 Å². The van der Waals surface area contributed by atoms with E-state index < -0.39 is 0 Å². The van der Waals surface area contributed by atoms with Gasteiger partial charge in [0.25, 0.3) is 0 Å². The molecule has 0 spiro atoms. The zero-order valence-electron chi connectivity index (χ0n) is 14.4. The predicted octanol–water partition coefficient (Wildman–Crippen LogP) is 6.14. The molecule has 0 aliphatic carbocycles. The van der Waals surface area contributed by atoms with Crippen LogP contribution in [0.15, 0.2) is 86.7 Å². The van der Waals surface area contributed by atoms with Gasteiger partial charge in [-0.25, -0.2) is 0 Å². The lowest BCUT2D eigenvalue weighted by Gasteiger charge is -2.31. The third-order valence-corrected chi connectivity index (χ3v) is 5.72. The molecule has 27 heavy (non-hydrogen) atoms. The molecule has 0 radical (unpaired) electrons. The summed E-state index contributed by atoms with van der Waals surface area (Å²) < 4.78 is 2.07. The maximum Gasteiger partial charge on any atom is 0.126 e. The average molecular weight is 486 g/mol. The summed E-state index contributed by atoms with van der Waals surface area (Å²) >= 11 is 7.04. The van der Waals surface area contributed by atoms with Gasteiger partial charge in [0.2, 0.25) is 0 Å². The molecular formula is C22H18Br2N2O. The standard InChI is InChI=1S/C22H18Br2N2O/c23-16-10-8-14(9-11-16)22-25-19(15-4-3-5-17(24)12-15)13-20(26-22)18-6-1-2-7-21(18)27/h1-12,20,22,26-27H,13H2/t20-,22-/m0/s1. The quantitative estimate of drug-likeness (QED) is 0.468. The van der Waals surface area contributed by atoms with E-state index in [4.69, 9.17) is 4.99 Å². The molecule has 0 saturated carbocycles. The largest absolute Gasteiger partial charge is 0.508 e.